The zero-order valence-electron chi connectivity index (χ0n) is 6.25. The lowest BCUT2D eigenvalue weighted by Gasteiger charge is -2.03. The summed E-state index contributed by atoms with van der Waals surface area (Å²) < 4.78 is 16.9. The molecule has 6 heteroatoms. The molecule has 70 valence electrons. The van der Waals surface area contributed by atoms with E-state index in [0.717, 1.165) is 12.1 Å². The van der Waals surface area contributed by atoms with E-state index in [4.69, 9.17) is 22.4 Å². The maximum atomic E-state index is 12.7. The number of anilines is 1. The normalized spacial score (nSPS) is 9.69. The van der Waals surface area contributed by atoms with E-state index in [0.29, 0.717) is 0 Å². The Morgan fingerprint density at radius 3 is 2.77 bits per heavy atom. The SMILES string of the molecule is Nc1cc(OC(=O)O)c(Cl)cc1F. The monoisotopic (exact) mass is 205 g/mol. The lowest BCUT2D eigenvalue weighted by Crippen LogP contribution is -2.04. The number of rotatable bonds is 1. The van der Waals surface area contributed by atoms with E-state index in [1.807, 2.05) is 0 Å². The first-order valence-corrected chi connectivity index (χ1v) is 3.54. The molecule has 1 rings (SSSR count). The molecular weight excluding hydrogens is 201 g/mol. The number of carboxylic acid groups (broad SMARTS) is 1. The quantitative estimate of drug-likeness (QED) is 0.418. The Balaban J connectivity index is 3.08. The number of benzene rings is 1. The second kappa shape index (κ2) is 3.49. The lowest BCUT2D eigenvalue weighted by molar-refractivity contribution is 0.144. The summed E-state index contributed by atoms with van der Waals surface area (Å²) in [6.45, 7) is 0. The summed E-state index contributed by atoms with van der Waals surface area (Å²) in [4.78, 5) is 10.1. The largest absolute Gasteiger partial charge is 0.511 e. The maximum Gasteiger partial charge on any atom is 0.511 e. The highest BCUT2D eigenvalue weighted by molar-refractivity contribution is 6.32. The van der Waals surface area contributed by atoms with Gasteiger partial charge in [0.15, 0.2) is 5.75 Å². The van der Waals surface area contributed by atoms with Gasteiger partial charge in [-0.2, -0.15) is 0 Å². The van der Waals surface area contributed by atoms with Crippen LogP contribution < -0.4 is 10.5 Å². The van der Waals surface area contributed by atoms with E-state index < -0.39 is 12.0 Å². The molecule has 1 aromatic carbocycles. The van der Waals surface area contributed by atoms with Gasteiger partial charge in [0, 0.05) is 6.07 Å². The first-order chi connectivity index (χ1) is 6.00. The fourth-order valence-electron chi connectivity index (χ4n) is 0.717. The lowest BCUT2D eigenvalue weighted by atomic mass is 10.3. The second-order valence-corrected chi connectivity index (χ2v) is 2.58. The van der Waals surface area contributed by atoms with Crippen molar-refractivity contribution in [2.24, 2.45) is 0 Å². The molecule has 13 heavy (non-hydrogen) atoms. The van der Waals surface area contributed by atoms with Gasteiger partial charge in [-0.3, -0.25) is 0 Å². The van der Waals surface area contributed by atoms with E-state index >= 15 is 0 Å². The van der Waals surface area contributed by atoms with Crippen LogP contribution >= 0.6 is 11.6 Å². The Morgan fingerprint density at radius 2 is 2.23 bits per heavy atom. The number of hydrogen-bond acceptors (Lipinski definition) is 3. The Hall–Kier alpha value is -1.49. The molecule has 0 aliphatic rings. The van der Waals surface area contributed by atoms with E-state index in [9.17, 15) is 9.18 Å². The molecule has 1 aromatic rings. The molecular formula is C7H5ClFNO3. The van der Waals surface area contributed by atoms with Crippen molar-refractivity contribution in [1.82, 2.24) is 0 Å². The van der Waals surface area contributed by atoms with Gasteiger partial charge in [-0.05, 0) is 6.07 Å². The third kappa shape index (κ3) is 2.22. The molecule has 3 N–H and O–H groups in total. The zero-order valence-corrected chi connectivity index (χ0v) is 7.01. The van der Waals surface area contributed by atoms with Crippen LogP contribution in [0.5, 0.6) is 5.75 Å². The number of ether oxygens (including phenoxy) is 1. The van der Waals surface area contributed by atoms with Crippen LogP contribution in [0.2, 0.25) is 5.02 Å². The van der Waals surface area contributed by atoms with Gasteiger partial charge in [0.05, 0.1) is 10.7 Å². The highest BCUT2D eigenvalue weighted by Crippen LogP contribution is 2.28. The molecule has 0 bridgehead atoms. The van der Waals surface area contributed by atoms with Gasteiger partial charge >= 0.3 is 6.16 Å². The molecule has 0 fully saturated rings. The smallest absolute Gasteiger partial charge is 0.449 e. The predicted octanol–water partition coefficient (Wildman–Crippen LogP) is 2.12. The van der Waals surface area contributed by atoms with Crippen LogP contribution in [0.25, 0.3) is 0 Å². The van der Waals surface area contributed by atoms with Gasteiger partial charge in [0.1, 0.15) is 5.82 Å². The van der Waals surface area contributed by atoms with Crippen molar-refractivity contribution >= 4 is 23.4 Å². The van der Waals surface area contributed by atoms with Crippen molar-refractivity contribution in [2.75, 3.05) is 5.73 Å². The van der Waals surface area contributed by atoms with E-state index in [-0.39, 0.29) is 16.5 Å². The van der Waals surface area contributed by atoms with Crippen molar-refractivity contribution in [1.29, 1.82) is 0 Å². The summed E-state index contributed by atoms with van der Waals surface area (Å²) in [5, 5.41) is 8.09. The van der Waals surface area contributed by atoms with Gasteiger partial charge in [-0.15, -0.1) is 0 Å². The minimum absolute atomic E-state index is 0.144. The first-order valence-electron chi connectivity index (χ1n) is 3.16. The molecule has 0 saturated heterocycles. The Bertz CT molecular complexity index is 356. The first kappa shape index (κ1) is 9.60. The summed E-state index contributed by atoms with van der Waals surface area (Å²) in [6, 6.07) is 1.89. The van der Waals surface area contributed by atoms with Gasteiger partial charge in [0.2, 0.25) is 0 Å². The maximum absolute atomic E-state index is 12.7. The van der Waals surface area contributed by atoms with Crippen molar-refractivity contribution in [3.63, 3.8) is 0 Å². The van der Waals surface area contributed by atoms with Gasteiger partial charge < -0.3 is 15.6 Å². The van der Waals surface area contributed by atoms with Gasteiger partial charge in [-0.1, -0.05) is 11.6 Å². The second-order valence-electron chi connectivity index (χ2n) is 2.17. The standard InChI is InChI=1S/C7H5ClFNO3/c8-3-1-4(9)5(10)2-6(3)13-7(11)12/h1-2H,10H2,(H,11,12). The average molecular weight is 206 g/mol. The van der Waals surface area contributed by atoms with Crippen LogP contribution in [0, 0.1) is 5.82 Å². The molecule has 0 aromatic heterocycles. The van der Waals surface area contributed by atoms with Crippen LogP contribution in [0.15, 0.2) is 12.1 Å². The Morgan fingerprint density at radius 1 is 1.62 bits per heavy atom. The third-order valence-corrected chi connectivity index (χ3v) is 1.54. The summed E-state index contributed by atoms with van der Waals surface area (Å²) in [6.07, 6.45) is -1.53. The van der Waals surface area contributed by atoms with Crippen LogP contribution in [-0.4, -0.2) is 11.3 Å². The fraction of sp³-hybridized carbons (Fsp3) is 0. The Kier molecular flexibility index (Phi) is 2.57. The molecule has 0 radical (unpaired) electrons. The molecule has 0 aliphatic heterocycles. The average Bonchev–Trinajstić information content (AvgIpc) is 1.99. The van der Waals surface area contributed by atoms with Gasteiger partial charge in [-0.25, -0.2) is 9.18 Å². The highest BCUT2D eigenvalue weighted by atomic mass is 35.5. The predicted molar refractivity (Wildman–Crippen MR) is 44.5 cm³/mol. The number of halogens is 2. The minimum Gasteiger partial charge on any atom is -0.449 e. The van der Waals surface area contributed by atoms with Crippen molar-refractivity contribution < 1.29 is 19.0 Å². The molecule has 0 atom stereocenters. The number of nitrogens with two attached hydrogens (primary N) is 1. The van der Waals surface area contributed by atoms with Gasteiger partial charge in [0.25, 0.3) is 0 Å². The molecule has 0 spiro atoms. The van der Waals surface area contributed by atoms with Crippen molar-refractivity contribution in [3.05, 3.63) is 23.0 Å². The summed E-state index contributed by atoms with van der Waals surface area (Å²) in [5.41, 5.74) is 4.94. The van der Waals surface area contributed by atoms with Crippen LogP contribution in [-0.2, 0) is 0 Å². The minimum atomic E-state index is -1.53. The van der Waals surface area contributed by atoms with Crippen molar-refractivity contribution in [2.45, 2.75) is 0 Å². The van der Waals surface area contributed by atoms with Crippen LogP contribution in [0.1, 0.15) is 0 Å². The highest BCUT2D eigenvalue weighted by Gasteiger charge is 2.10. The molecule has 4 nitrogen and oxygen atoms in total. The summed E-state index contributed by atoms with van der Waals surface area (Å²) in [5.74, 6) is -0.907. The van der Waals surface area contributed by atoms with E-state index in [1.165, 1.54) is 0 Å². The molecule has 0 saturated carbocycles. The summed E-state index contributed by atoms with van der Waals surface area (Å²) >= 11 is 5.46. The van der Waals surface area contributed by atoms with E-state index in [1.54, 1.807) is 0 Å². The third-order valence-electron chi connectivity index (χ3n) is 1.25. The molecule has 0 unspecified atom stereocenters. The van der Waals surface area contributed by atoms with Crippen LogP contribution in [0.3, 0.4) is 0 Å². The molecule has 0 aliphatic carbocycles. The molecule has 0 heterocycles. The Labute approximate surface area is 77.7 Å². The number of nitrogen functional groups attached to an aromatic ring is 1. The molecule has 0 amide bonds. The number of hydrogen-bond donors (Lipinski definition) is 2. The zero-order chi connectivity index (χ0) is 10.0. The number of carbonyl (C=O) groups is 1. The van der Waals surface area contributed by atoms with Crippen molar-refractivity contribution in [3.8, 4) is 5.75 Å². The topological polar surface area (TPSA) is 72.5 Å². The van der Waals surface area contributed by atoms with Crippen LogP contribution in [0.4, 0.5) is 14.9 Å². The fourth-order valence-corrected chi connectivity index (χ4v) is 0.906. The summed E-state index contributed by atoms with van der Waals surface area (Å²) in [7, 11) is 0. The van der Waals surface area contributed by atoms with E-state index in [2.05, 4.69) is 4.74 Å².